The number of allylic oxidation sites excluding steroid dienone is 2. The summed E-state index contributed by atoms with van der Waals surface area (Å²) in [5, 5.41) is 84.2. The molecule has 6 fully saturated rings. The van der Waals surface area contributed by atoms with Gasteiger partial charge in [-0.2, -0.15) is 0 Å². The van der Waals surface area contributed by atoms with Gasteiger partial charge < -0.3 is 59.8 Å². The molecule has 8 N–H and O–H groups in total. The van der Waals surface area contributed by atoms with Crippen molar-refractivity contribution in [2.24, 2.45) is 50.2 Å². The molecule has 7 aliphatic rings. The molecule has 0 unspecified atom stereocenters. The Morgan fingerprint density at radius 1 is 0.727 bits per heavy atom. The number of hydrogen-bond acceptors (Lipinski definition) is 13. The number of hydrogen-bond donors (Lipinski definition) is 8. The maximum atomic E-state index is 14.8. The standard InChI is InChI=1S/C42H68O13/c1-37(2)14-16-42(36(51)55-35-33(50)31(48)29(46)24(54-35)20-52-34-32(49)30(47)28(45)23(19-43)53-34)17-15-40(6)21(22(42)18-37)8-9-26-39(5)12-11-27(44)38(3,4)25(39)10-13-41(26,40)7/h8,22-35,43-50H,9-20H2,1-7H3/t22-,23+,24+,25-,26-,27-,28+,29+,30-,31-,32+,33+,34+,35-,39-,40+,41+,42-/m0/s1. The normalized spacial score (nSPS) is 53.1. The Morgan fingerprint density at radius 2 is 1.35 bits per heavy atom. The summed E-state index contributed by atoms with van der Waals surface area (Å²) in [5.74, 6) is 0.269. The van der Waals surface area contributed by atoms with Crippen LogP contribution in [0.4, 0.5) is 0 Å². The van der Waals surface area contributed by atoms with E-state index >= 15 is 0 Å². The number of aliphatic hydroxyl groups excluding tert-OH is 8. The number of carbonyl (C=O) groups is 1. The Kier molecular flexibility index (Phi) is 10.8. The fraction of sp³-hybridized carbons (Fsp3) is 0.929. The molecule has 2 aliphatic heterocycles. The summed E-state index contributed by atoms with van der Waals surface area (Å²) in [5.41, 5.74) is 0.212. The molecule has 7 rings (SSSR count). The average molecular weight is 781 g/mol. The SMILES string of the molecule is CC1(C)CC[C@]2(C(=O)O[C@@H]3O[C@H](CO[C@@H]4O[C@H](CO)[C@@H](O)[C@H](O)[C@H]4O)[C@@H](O)[C@H](O)[C@H]3O)CC[C@]3(C)C(=CC[C@H]4[C@@]5(C)CC[C@H](O)C(C)(C)[C@@H]5CC[C@]43C)[C@@H]2C1. The monoisotopic (exact) mass is 780 g/mol. The van der Waals surface area contributed by atoms with Crippen LogP contribution in [0.25, 0.3) is 0 Å². The minimum atomic E-state index is -1.76. The fourth-order valence-corrected chi connectivity index (χ4v) is 13.4. The highest BCUT2D eigenvalue weighted by molar-refractivity contribution is 5.79. The predicted octanol–water partition coefficient (Wildman–Crippen LogP) is 2.32. The number of ether oxygens (including phenoxy) is 4. The van der Waals surface area contributed by atoms with Gasteiger partial charge in [-0.15, -0.1) is 0 Å². The molecule has 18 atom stereocenters. The van der Waals surface area contributed by atoms with Crippen LogP contribution in [-0.2, 0) is 23.7 Å². The van der Waals surface area contributed by atoms with E-state index in [1.165, 1.54) is 5.57 Å². The van der Waals surface area contributed by atoms with E-state index in [1.54, 1.807) is 0 Å². The van der Waals surface area contributed by atoms with E-state index in [9.17, 15) is 45.6 Å². The van der Waals surface area contributed by atoms with Gasteiger partial charge in [0.15, 0.2) is 6.29 Å². The van der Waals surface area contributed by atoms with Gasteiger partial charge in [0.05, 0.1) is 24.7 Å². The second-order valence-corrected chi connectivity index (χ2v) is 20.7. The number of fused-ring (bicyclic) bond motifs is 7. The van der Waals surface area contributed by atoms with E-state index in [0.717, 1.165) is 51.4 Å². The molecule has 13 heteroatoms. The summed E-state index contributed by atoms with van der Waals surface area (Å²) in [6, 6.07) is 0. The lowest BCUT2D eigenvalue weighted by Gasteiger charge is -2.71. The first-order valence-corrected chi connectivity index (χ1v) is 20.8. The van der Waals surface area contributed by atoms with Crippen molar-refractivity contribution in [2.75, 3.05) is 13.2 Å². The molecule has 2 saturated heterocycles. The number of esters is 1. The lowest BCUT2D eigenvalue weighted by atomic mass is 9.33. The van der Waals surface area contributed by atoms with Gasteiger partial charge in [0.1, 0.15) is 48.8 Å². The van der Waals surface area contributed by atoms with Crippen LogP contribution < -0.4 is 0 Å². The lowest BCUT2D eigenvalue weighted by molar-refractivity contribution is -0.328. The highest BCUT2D eigenvalue weighted by Gasteiger charge is 2.69. The van der Waals surface area contributed by atoms with E-state index in [0.29, 0.717) is 24.7 Å². The largest absolute Gasteiger partial charge is 0.432 e. The zero-order valence-corrected chi connectivity index (χ0v) is 33.8. The minimum Gasteiger partial charge on any atom is -0.432 e. The van der Waals surface area contributed by atoms with Crippen LogP contribution in [0.2, 0.25) is 0 Å². The first kappa shape index (κ1) is 41.9. The van der Waals surface area contributed by atoms with Crippen molar-refractivity contribution in [1.82, 2.24) is 0 Å². The van der Waals surface area contributed by atoms with Gasteiger partial charge in [-0.1, -0.05) is 60.1 Å². The summed E-state index contributed by atoms with van der Waals surface area (Å²) >= 11 is 0. The third-order valence-corrected chi connectivity index (χ3v) is 17.2. The van der Waals surface area contributed by atoms with Crippen molar-refractivity contribution in [2.45, 2.75) is 180 Å². The van der Waals surface area contributed by atoms with Crippen LogP contribution in [0.3, 0.4) is 0 Å². The molecular weight excluding hydrogens is 712 g/mol. The zero-order chi connectivity index (χ0) is 40.3. The molecule has 4 saturated carbocycles. The molecule has 0 radical (unpaired) electrons. The van der Waals surface area contributed by atoms with Crippen LogP contribution in [0.5, 0.6) is 0 Å². The van der Waals surface area contributed by atoms with E-state index in [2.05, 4.69) is 54.5 Å². The van der Waals surface area contributed by atoms with Gasteiger partial charge in [0, 0.05) is 0 Å². The summed E-state index contributed by atoms with van der Waals surface area (Å²) in [4.78, 5) is 14.8. The molecule has 0 bridgehead atoms. The van der Waals surface area contributed by atoms with Crippen LogP contribution >= 0.6 is 0 Å². The molecule has 0 aromatic heterocycles. The molecule has 0 aromatic rings. The molecule has 55 heavy (non-hydrogen) atoms. The van der Waals surface area contributed by atoms with E-state index in [-0.39, 0.29) is 39.1 Å². The lowest BCUT2D eigenvalue weighted by Crippen LogP contribution is -2.65. The van der Waals surface area contributed by atoms with Gasteiger partial charge >= 0.3 is 5.97 Å². The summed E-state index contributed by atoms with van der Waals surface area (Å²) in [7, 11) is 0. The third-order valence-electron chi connectivity index (χ3n) is 17.2. The number of rotatable bonds is 6. The minimum absolute atomic E-state index is 0.00451. The quantitative estimate of drug-likeness (QED) is 0.144. The Bertz CT molecular complexity index is 1480. The topological polar surface area (TPSA) is 216 Å². The van der Waals surface area contributed by atoms with E-state index in [4.69, 9.17) is 18.9 Å². The first-order chi connectivity index (χ1) is 25.6. The molecule has 0 amide bonds. The van der Waals surface area contributed by atoms with E-state index < -0.39 is 86.0 Å². The Balaban J connectivity index is 1.13. The van der Waals surface area contributed by atoms with Crippen molar-refractivity contribution in [3.05, 3.63) is 11.6 Å². The van der Waals surface area contributed by atoms with Crippen molar-refractivity contribution in [1.29, 1.82) is 0 Å². The fourth-order valence-electron chi connectivity index (χ4n) is 13.4. The summed E-state index contributed by atoms with van der Waals surface area (Å²) in [6.07, 6.45) is -5.21. The highest BCUT2D eigenvalue weighted by atomic mass is 16.7. The summed E-state index contributed by atoms with van der Waals surface area (Å²) in [6.45, 7) is 15.3. The Labute approximate surface area is 325 Å². The van der Waals surface area contributed by atoms with Crippen LogP contribution in [0.15, 0.2) is 11.6 Å². The van der Waals surface area contributed by atoms with Crippen LogP contribution in [-0.4, -0.2) is 128 Å². The second kappa shape index (κ2) is 14.2. The smallest absolute Gasteiger partial charge is 0.315 e. The molecular formula is C42H68O13. The maximum absolute atomic E-state index is 14.8. The van der Waals surface area contributed by atoms with Crippen molar-refractivity contribution in [3.8, 4) is 0 Å². The van der Waals surface area contributed by atoms with E-state index in [1.807, 2.05) is 0 Å². The van der Waals surface area contributed by atoms with Gasteiger partial charge in [-0.3, -0.25) is 4.79 Å². The molecule has 0 aromatic carbocycles. The average Bonchev–Trinajstić information content (AvgIpc) is 3.12. The van der Waals surface area contributed by atoms with Crippen LogP contribution in [0.1, 0.15) is 113 Å². The van der Waals surface area contributed by atoms with Gasteiger partial charge in [0.2, 0.25) is 6.29 Å². The second-order valence-electron chi connectivity index (χ2n) is 20.7. The number of carbonyl (C=O) groups excluding carboxylic acids is 1. The highest BCUT2D eigenvalue weighted by Crippen LogP contribution is 2.76. The summed E-state index contributed by atoms with van der Waals surface area (Å²) < 4.78 is 23.0. The van der Waals surface area contributed by atoms with Crippen molar-refractivity contribution in [3.63, 3.8) is 0 Å². The first-order valence-electron chi connectivity index (χ1n) is 20.8. The Morgan fingerprint density at radius 3 is 2.02 bits per heavy atom. The van der Waals surface area contributed by atoms with Gasteiger partial charge in [-0.05, 0) is 109 Å². The van der Waals surface area contributed by atoms with Gasteiger partial charge in [-0.25, -0.2) is 0 Å². The molecule has 13 nitrogen and oxygen atoms in total. The van der Waals surface area contributed by atoms with Crippen molar-refractivity contribution < 1.29 is 64.6 Å². The molecule has 2 heterocycles. The maximum Gasteiger partial charge on any atom is 0.315 e. The predicted molar refractivity (Wildman–Crippen MR) is 198 cm³/mol. The number of aliphatic hydroxyl groups is 8. The Hall–Kier alpha value is -1.23. The molecule has 314 valence electrons. The zero-order valence-electron chi connectivity index (χ0n) is 33.8. The van der Waals surface area contributed by atoms with Gasteiger partial charge in [0.25, 0.3) is 0 Å². The van der Waals surface area contributed by atoms with Crippen molar-refractivity contribution >= 4 is 5.97 Å². The van der Waals surface area contributed by atoms with Crippen LogP contribution in [0, 0.1) is 50.2 Å². The molecule has 0 spiro atoms. The third kappa shape index (κ3) is 6.31. The molecule has 5 aliphatic carbocycles.